The second-order valence-electron chi connectivity index (χ2n) is 7.19. The lowest BCUT2D eigenvalue weighted by Gasteiger charge is -2.31. The number of rotatable bonds is 6. The Hall–Kier alpha value is -2.32. The number of carbonyl (C=O) groups is 1. The molecule has 1 amide bonds. The van der Waals surface area contributed by atoms with Gasteiger partial charge in [0.2, 0.25) is 10.0 Å². The number of carbonyl (C=O) groups excluding carboxylic acids is 1. The minimum absolute atomic E-state index is 0.0485. The number of ether oxygens (including phenoxy) is 1. The fourth-order valence-electron chi connectivity index (χ4n) is 3.35. The smallest absolute Gasteiger partial charge is 0.257 e. The molecule has 0 saturated carbocycles. The van der Waals surface area contributed by atoms with E-state index < -0.39 is 10.0 Å². The Labute approximate surface area is 165 Å². The molecule has 0 unspecified atom stereocenters. The number of amides is 1. The van der Waals surface area contributed by atoms with Crippen LogP contribution >= 0.6 is 0 Å². The number of likely N-dealkylation sites (tertiary alicyclic amines) is 1. The summed E-state index contributed by atoms with van der Waals surface area (Å²) in [4.78, 5) is 14.3. The van der Waals surface area contributed by atoms with Crippen molar-refractivity contribution in [2.75, 3.05) is 26.7 Å². The van der Waals surface area contributed by atoms with Gasteiger partial charge >= 0.3 is 0 Å². The van der Waals surface area contributed by atoms with Gasteiger partial charge in [-0.25, -0.2) is 13.1 Å². The first-order valence-electron chi connectivity index (χ1n) is 9.28. The highest BCUT2D eigenvalue weighted by Gasteiger charge is 2.26. The molecule has 1 aromatic carbocycles. The monoisotopic (exact) mass is 406 g/mol. The number of piperidine rings is 1. The topological polar surface area (TPSA) is 88.9 Å². The van der Waals surface area contributed by atoms with Crippen molar-refractivity contribution < 1.29 is 22.4 Å². The first-order chi connectivity index (χ1) is 13.3. The van der Waals surface area contributed by atoms with E-state index in [1.807, 2.05) is 13.8 Å². The lowest BCUT2D eigenvalue weighted by atomic mass is 9.97. The summed E-state index contributed by atoms with van der Waals surface area (Å²) in [6, 6.07) is 5.03. The molecule has 2 heterocycles. The number of furan rings is 1. The van der Waals surface area contributed by atoms with Crippen LogP contribution in [-0.2, 0) is 10.0 Å². The quantitative estimate of drug-likeness (QED) is 0.797. The van der Waals surface area contributed by atoms with Crippen LogP contribution in [-0.4, -0.2) is 46.0 Å². The molecule has 152 valence electrons. The summed E-state index contributed by atoms with van der Waals surface area (Å²) < 4.78 is 38.5. The molecule has 8 heteroatoms. The summed E-state index contributed by atoms with van der Waals surface area (Å²) in [7, 11) is -2.21. The molecule has 1 fully saturated rings. The van der Waals surface area contributed by atoms with Gasteiger partial charge in [0.25, 0.3) is 5.91 Å². The SMILES string of the molecule is COc1cc(C)c(C)cc1S(=O)(=O)NCC1CCN(C(=O)c2ccoc2)CC1. The molecule has 1 aromatic heterocycles. The zero-order valence-corrected chi connectivity index (χ0v) is 17.2. The van der Waals surface area contributed by atoms with Gasteiger partial charge in [-0.1, -0.05) is 0 Å². The average Bonchev–Trinajstić information content (AvgIpc) is 3.23. The Bertz CT molecular complexity index is 930. The van der Waals surface area contributed by atoms with Crippen LogP contribution in [0.5, 0.6) is 5.75 Å². The standard InChI is InChI=1S/C20H26N2O5S/c1-14-10-18(26-3)19(11-15(14)2)28(24,25)21-12-16-4-7-22(8-5-16)20(23)17-6-9-27-13-17/h6,9-11,13,16,21H,4-5,7-8,12H2,1-3H3. The van der Waals surface area contributed by atoms with E-state index in [9.17, 15) is 13.2 Å². The molecule has 1 aliphatic heterocycles. The Kier molecular flexibility index (Phi) is 6.10. The molecule has 2 aromatic rings. The van der Waals surface area contributed by atoms with Gasteiger partial charge in [-0.05, 0) is 61.9 Å². The molecule has 0 spiro atoms. The van der Waals surface area contributed by atoms with E-state index in [0.717, 1.165) is 24.0 Å². The van der Waals surface area contributed by atoms with E-state index in [1.54, 1.807) is 23.1 Å². The van der Waals surface area contributed by atoms with Crippen LogP contribution in [0.4, 0.5) is 0 Å². The third kappa shape index (κ3) is 4.39. The molecule has 28 heavy (non-hydrogen) atoms. The number of nitrogens with zero attached hydrogens (tertiary/aromatic N) is 1. The van der Waals surface area contributed by atoms with Crippen molar-refractivity contribution in [3.8, 4) is 5.75 Å². The summed E-state index contributed by atoms with van der Waals surface area (Å²) in [5, 5.41) is 0. The summed E-state index contributed by atoms with van der Waals surface area (Å²) in [5.41, 5.74) is 2.42. The molecule has 1 N–H and O–H groups in total. The number of hydrogen-bond acceptors (Lipinski definition) is 5. The fraction of sp³-hybridized carbons (Fsp3) is 0.450. The highest BCUT2D eigenvalue weighted by molar-refractivity contribution is 7.89. The third-order valence-corrected chi connectivity index (χ3v) is 6.75. The lowest BCUT2D eigenvalue weighted by Crippen LogP contribution is -2.41. The first-order valence-corrected chi connectivity index (χ1v) is 10.8. The summed E-state index contributed by atoms with van der Waals surface area (Å²) in [5.74, 6) is 0.476. The highest BCUT2D eigenvalue weighted by atomic mass is 32.2. The molecule has 1 aliphatic rings. The van der Waals surface area contributed by atoms with Gasteiger partial charge < -0.3 is 14.1 Å². The Morgan fingerprint density at radius 3 is 2.54 bits per heavy atom. The molecular weight excluding hydrogens is 380 g/mol. The maximum Gasteiger partial charge on any atom is 0.257 e. The zero-order chi connectivity index (χ0) is 20.3. The van der Waals surface area contributed by atoms with E-state index in [1.165, 1.54) is 19.6 Å². The van der Waals surface area contributed by atoms with Crippen molar-refractivity contribution in [2.45, 2.75) is 31.6 Å². The van der Waals surface area contributed by atoms with Gasteiger partial charge in [0.05, 0.1) is 18.9 Å². The number of nitrogens with one attached hydrogen (secondary N) is 1. The average molecular weight is 407 g/mol. The maximum atomic E-state index is 12.8. The van der Waals surface area contributed by atoms with Crippen molar-refractivity contribution in [1.82, 2.24) is 9.62 Å². The molecule has 1 saturated heterocycles. The predicted molar refractivity (Wildman–Crippen MR) is 105 cm³/mol. The minimum Gasteiger partial charge on any atom is -0.495 e. The Morgan fingerprint density at radius 2 is 1.93 bits per heavy atom. The molecule has 0 radical (unpaired) electrons. The van der Waals surface area contributed by atoms with Gasteiger partial charge in [0, 0.05) is 19.6 Å². The van der Waals surface area contributed by atoms with Gasteiger partial charge in [0.15, 0.2) is 0 Å². The van der Waals surface area contributed by atoms with Gasteiger partial charge in [-0.2, -0.15) is 0 Å². The van der Waals surface area contributed by atoms with E-state index in [2.05, 4.69) is 4.72 Å². The molecule has 0 aliphatic carbocycles. The highest BCUT2D eigenvalue weighted by Crippen LogP contribution is 2.27. The van der Waals surface area contributed by atoms with E-state index >= 15 is 0 Å². The number of benzene rings is 1. The number of aryl methyl sites for hydroxylation is 2. The fourth-order valence-corrected chi connectivity index (χ4v) is 4.70. The second kappa shape index (κ2) is 8.36. The Balaban J connectivity index is 1.59. The second-order valence-corrected chi connectivity index (χ2v) is 8.92. The van der Waals surface area contributed by atoms with Crippen LogP contribution in [0.1, 0.15) is 34.3 Å². The largest absolute Gasteiger partial charge is 0.495 e. The van der Waals surface area contributed by atoms with Gasteiger partial charge in [0.1, 0.15) is 16.9 Å². The normalized spacial score (nSPS) is 15.6. The van der Waals surface area contributed by atoms with Crippen molar-refractivity contribution in [2.24, 2.45) is 5.92 Å². The predicted octanol–water partition coefficient (Wildman–Crippen LogP) is 2.74. The van der Waals surface area contributed by atoms with Crippen LogP contribution < -0.4 is 9.46 Å². The summed E-state index contributed by atoms with van der Waals surface area (Å²) in [6.45, 7) is 5.33. The van der Waals surface area contributed by atoms with Crippen molar-refractivity contribution in [1.29, 1.82) is 0 Å². The minimum atomic E-state index is -3.67. The van der Waals surface area contributed by atoms with E-state index in [4.69, 9.17) is 9.15 Å². The molecule has 7 nitrogen and oxygen atoms in total. The van der Waals surface area contributed by atoms with Crippen LogP contribution in [0.25, 0.3) is 0 Å². The van der Waals surface area contributed by atoms with Gasteiger partial charge in [-0.3, -0.25) is 4.79 Å². The zero-order valence-electron chi connectivity index (χ0n) is 16.4. The van der Waals surface area contributed by atoms with E-state index in [0.29, 0.717) is 30.9 Å². The Morgan fingerprint density at radius 1 is 1.25 bits per heavy atom. The van der Waals surface area contributed by atoms with Crippen LogP contribution in [0.2, 0.25) is 0 Å². The number of hydrogen-bond donors (Lipinski definition) is 1. The van der Waals surface area contributed by atoms with Crippen molar-refractivity contribution in [3.05, 3.63) is 47.4 Å². The lowest BCUT2D eigenvalue weighted by molar-refractivity contribution is 0.0691. The molecule has 0 atom stereocenters. The maximum absolute atomic E-state index is 12.8. The summed E-state index contributed by atoms with van der Waals surface area (Å²) in [6.07, 6.45) is 4.42. The van der Waals surface area contributed by atoms with Gasteiger partial charge in [-0.15, -0.1) is 0 Å². The molecule has 0 bridgehead atoms. The van der Waals surface area contributed by atoms with Crippen LogP contribution in [0.3, 0.4) is 0 Å². The van der Waals surface area contributed by atoms with Crippen molar-refractivity contribution in [3.63, 3.8) is 0 Å². The third-order valence-electron chi connectivity index (χ3n) is 5.30. The molecule has 3 rings (SSSR count). The molecular formula is C20H26N2O5S. The van der Waals surface area contributed by atoms with E-state index in [-0.39, 0.29) is 16.7 Å². The summed E-state index contributed by atoms with van der Waals surface area (Å²) >= 11 is 0. The van der Waals surface area contributed by atoms with Crippen molar-refractivity contribution >= 4 is 15.9 Å². The first kappa shape index (κ1) is 20.4. The van der Waals surface area contributed by atoms with Crippen LogP contribution in [0.15, 0.2) is 40.0 Å². The van der Waals surface area contributed by atoms with Crippen LogP contribution in [0, 0.1) is 19.8 Å². The number of sulfonamides is 1. The number of methoxy groups -OCH3 is 1.